The van der Waals surface area contributed by atoms with Crippen LogP contribution in [0.5, 0.6) is 0 Å². The van der Waals surface area contributed by atoms with Crippen LogP contribution in [0.3, 0.4) is 0 Å². The van der Waals surface area contributed by atoms with Crippen LogP contribution >= 0.6 is 0 Å². The van der Waals surface area contributed by atoms with Crippen molar-refractivity contribution in [1.82, 2.24) is 0 Å². The zero-order valence-electron chi connectivity index (χ0n) is 12.1. The van der Waals surface area contributed by atoms with E-state index in [2.05, 4.69) is 0 Å². The molecule has 0 aromatic rings. The van der Waals surface area contributed by atoms with Crippen LogP contribution in [0.4, 0.5) is 0 Å². The summed E-state index contributed by atoms with van der Waals surface area (Å²) in [6.45, 7) is 3.61. The molecule has 22 heavy (non-hydrogen) atoms. The molecule has 0 rings (SSSR count). The zero-order valence-corrected chi connectivity index (χ0v) is 13.9. The topological polar surface area (TPSA) is 172 Å². The van der Waals surface area contributed by atoms with Crippen molar-refractivity contribution in [2.45, 2.75) is 40.0 Å². The summed E-state index contributed by atoms with van der Waals surface area (Å²) >= 11 is 0. The molecule has 0 spiro atoms. The molecule has 0 fully saturated rings. The smallest absolute Gasteiger partial charge is 0.550 e. The van der Waals surface area contributed by atoms with Crippen molar-refractivity contribution in [2.24, 2.45) is 0 Å². The molecule has 0 heterocycles. The van der Waals surface area contributed by atoms with E-state index in [0.29, 0.717) is 0 Å². The van der Waals surface area contributed by atoms with Gasteiger partial charge in [-0.1, -0.05) is 0 Å². The van der Waals surface area contributed by atoms with E-state index in [9.17, 15) is 44.1 Å². The molecule has 0 aliphatic carbocycles. The van der Waals surface area contributed by atoms with Crippen LogP contribution in [0.25, 0.3) is 0 Å². The largest absolute Gasteiger partial charge is 3.00 e. The number of carboxylic acids is 3. The van der Waals surface area contributed by atoms with Gasteiger partial charge in [-0.05, 0) is 20.8 Å². The summed E-state index contributed by atoms with van der Waals surface area (Å²) in [7, 11) is 0. The Morgan fingerprint density at radius 3 is 0.682 bits per heavy atom. The van der Waals surface area contributed by atoms with Crippen LogP contribution in [-0.4, -0.2) is 35.3 Å². The van der Waals surface area contributed by atoms with E-state index >= 15 is 0 Å². The fourth-order valence-electron chi connectivity index (χ4n) is 0.610. The fraction of sp³-hybridized carbons (Fsp3) is 0.500. The second-order valence-electron chi connectivity index (χ2n) is 3.75. The van der Waals surface area contributed by atoms with E-state index in [1.165, 1.54) is 20.8 Å². The summed E-state index contributed by atoms with van der Waals surface area (Å²) in [5, 5.41) is 28.4. The van der Waals surface area contributed by atoms with Crippen LogP contribution in [0.2, 0.25) is 0 Å². The molecule has 0 aromatic carbocycles. The van der Waals surface area contributed by atoms with Crippen LogP contribution in [-0.2, 0) is 28.8 Å². The number of carbonyl (C=O) groups excluding carboxylic acids is 6. The SMILES string of the molecule is CC(=O)CC(=O)[O-].CC(=O)CC(=O)[O-].CC(=O)CC(=O)[O-].[Tm+3]. The third-order valence-electron chi connectivity index (χ3n) is 1.18. The maximum atomic E-state index is 9.83. The van der Waals surface area contributed by atoms with Gasteiger partial charge >= 0.3 is 36.9 Å². The third-order valence-corrected chi connectivity index (χ3v) is 1.18. The summed E-state index contributed by atoms with van der Waals surface area (Å²) < 4.78 is 0. The Kier molecular flexibility index (Phi) is 23.1. The summed E-state index contributed by atoms with van der Waals surface area (Å²) in [6.07, 6.45) is -1.42. The van der Waals surface area contributed by atoms with Crippen molar-refractivity contribution < 1.29 is 81.0 Å². The predicted molar refractivity (Wildman–Crippen MR) is 60.9 cm³/mol. The summed E-state index contributed by atoms with van der Waals surface area (Å²) in [5.74, 6) is -5.06. The molecular formula is C12H15O9Tm. The van der Waals surface area contributed by atoms with Crippen LogP contribution in [0.15, 0.2) is 0 Å². The van der Waals surface area contributed by atoms with Gasteiger partial charge in [-0.3, -0.25) is 14.4 Å². The Morgan fingerprint density at radius 1 is 0.545 bits per heavy atom. The Balaban J connectivity index is -0.000000108. The molecule has 9 nitrogen and oxygen atoms in total. The maximum absolute atomic E-state index is 9.83. The predicted octanol–water partition coefficient (Wildman–Crippen LogP) is -3.85. The van der Waals surface area contributed by atoms with Crippen molar-refractivity contribution in [3.05, 3.63) is 0 Å². The second kappa shape index (κ2) is 17.7. The fourth-order valence-corrected chi connectivity index (χ4v) is 0.610. The molecule has 0 unspecified atom stereocenters. The van der Waals surface area contributed by atoms with E-state index in [-0.39, 0.29) is 54.2 Å². The van der Waals surface area contributed by atoms with Gasteiger partial charge < -0.3 is 29.7 Å². The van der Waals surface area contributed by atoms with Gasteiger partial charge in [0.2, 0.25) is 0 Å². The Morgan fingerprint density at radius 2 is 0.682 bits per heavy atom. The van der Waals surface area contributed by atoms with Gasteiger partial charge in [-0.25, -0.2) is 0 Å². The van der Waals surface area contributed by atoms with Gasteiger partial charge in [0, 0.05) is 37.2 Å². The molecule has 0 N–H and O–H groups in total. The first kappa shape index (κ1) is 28.8. The molecule has 0 saturated carbocycles. The summed E-state index contributed by atoms with van der Waals surface area (Å²) in [5.41, 5.74) is 0. The van der Waals surface area contributed by atoms with Gasteiger partial charge in [-0.2, -0.15) is 0 Å². The number of carboxylic acid groups (broad SMARTS) is 3. The quantitative estimate of drug-likeness (QED) is 0.351. The van der Waals surface area contributed by atoms with E-state index < -0.39 is 37.2 Å². The second-order valence-corrected chi connectivity index (χ2v) is 3.75. The minimum Gasteiger partial charge on any atom is -0.550 e. The number of rotatable bonds is 6. The number of hydrogen-bond acceptors (Lipinski definition) is 9. The first-order valence-corrected chi connectivity index (χ1v) is 5.46. The van der Waals surface area contributed by atoms with Gasteiger partial charge in [0.25, 0.3) is 0 Å². The molecule has 10 heteroatoms. The molecule has 0 saturated heterocycles. The van der Waals surface area contributed by atoms with Crippen LogP contribution < -0.4 is 15.3 Å². The van der Waals surface area contributed by atoms with E-state index in [1.807, 2.05) is 0 Å². The van der Waals surface area contributed by atoms with Crippen LogP contribution in [0.1, 0.15) is 40.0 Å². The molecule has 0 aliphatic rings. The van der Waals surface area contributed by atoms with Crippen molar-refractivity contribution in [2.75, 3.05) is 0 Å². The van der Waals surface area contributed by atoms with Crippen molar-refractivity contribution in [3.63, 3.8) is 0 Å². The normalized spacial score (nSPS) is 7.77. The number of carbonyl (C=O) groups is 6. The molecule has 0 aromatic heterocycles. The Bertz CT molecular complexity index is 317. The Labute approximate surface area is 155 Å². The maximum Gasteiger partial charge on any atom is 3.00 e. The van der Waals surface area contributed by atoms with Gasteiger partial charge in [-0.15, -0.1) is 0 Å². The molecular weight excluding hydrogens is 457 g/mol. The number of hydrogen-bond donors (Lipinski definition) is 0. The average Bonchev–Trinajstić information content (AvgIpc) is 2.10. The summed E-state index contributed by atoms with van der Waals surface area (Å²) in [4.78, 5) is 57.9. The molecule has 0 bridgehead atoms. The van der Waals surface area contributed by atoms with Gasteiger partial charge in [0.15, 0.2) is 0 Å². The van der Waals surface area contributed by atoms with E-state index in [4.69, 9.17) is 0 Å². The monoisotopic (exact) mass is 472 g/mol. The van der Waals surface area contributed by atoms with Crippen molar-refractivity contribution in [3.8, 4) is 0 Å². The molecule has 0 aliphatic heterocycles. The molecule has 130 valence electrons. The van der Waals surface area contributed by atoms with Gasteiger partial charge in [0.05, 0.1) is 0 Å². The van der Waals surface area contributed by atoms with Gasteiger partial charge in [0.1, 0.15) is 17.3 Å². The molecule has 0 amide bonds. The number of Topliss-reactive ketones (excluding diaryl/α,β-unsaturated/α-hetero) is 3. The minimum absolute atomic E-state index is 0. The van der Waals surface area contributed by atoms with E-state index in [1.54, 1.807) is 0 Å². The average molecular weight is 472 g/mol. The number of aliphatic carboxylic acids is 3. The van der Waals surface area contributed by atoms with Crippen LogP contribution in [0, 0.1) is 36.9 Å². The Hall–Kier alpha value is -1.35. The minimum atomic E-state index is -1.31. The van der Waals surface area contributed by atoms with Crippen molar-refractivity contribution >= 4 is 35.3 Å². The first-order valence-electron chi connectivity index (χ1n) is 5.46. The third kappa shape index (κ3) is 51.2. The first-order chi connectivity index (χ1) is 9.38. The molecule has 0 atom stereocenters. The summed E-state index contributed by atoms with van der Waals surface area (Å²) in [6, 6.07) is 0. The number of ketones is 3. The van der Waals surface area contributed by atoms with Crippen molar-refractivity contribution in [1.29, 1.82) is 0 Å². The van der Waals surface area contributed by atoms with E-state index in [0.717, 1.165) is 0 Å². The molecule has 0 radical (unpaired) electrons. The standard InChI is InChI=1S/3C4H6O3.Tm/c3*1-3(5)2-4(6)7;/h3*2H2,1H3,(H,6,7);/q;;;+3/p-3. The zero-order chi connectivity index (χ0) is 17.6.